The molecule has 2 N–H and O–H groups in total. The molecule has 2 aliphatic heterocycles. The van der Waals surface area contributed by atoms with Gasteiger partial charge >= 0.3 is 0 Å². The molecule has 0 saturated carbocycles. The summed E-state index contributed by atoms with van der Waals surface area (Å²) in [6.45, 7) is 2.56. The van der Waals surface area contributed by atoms with Gasteiger partial charge in [0.15, 0.2) is 5.78 Å². The molecular formula is C21H22N2O4S. The van der Waals surface area contributed by atoms with Gasteiger partial charge in [-0.05, 0) is 68.6 Å². The Balaban J connectivity index is 1.54. The molecule has 1 amide bonds. The SMILES string of the molecule is O=C(NCCC1CCCNC1)c1ccc2c(c1)S(=O)(=O)c1ccccc1C2=O. The molecule has 0 aliphatic carbocycles. The average molecular weight is 398 g/mol. The smallest absolute Gasteiger partial charge is 0.251 e. The number of carbonyl (C=O) groups is 2. The molecule has 0 aromatic heterocycles. The van der Waals surface area contributed by atoms with Gasteiger partial charge in [-0.25, -0.2) is 8.42 Å². The lowest BCUT2D eigenvalue weighted by Crippen LogP contribution is -2.33. The number of hydrogen-bond acceptors (Lipinski definition) is 5. The van der Waals surface area contributed by atoms with Gasteiger partial charge in [0.2, 0.25) is 9.84 Å². The number of piperidine rings is 1. The summed E-state index contributed by atoms with van der Waals surface area (Å²) < 4.78 is 25.9. The zero-order valence-corrected chi connectivity index (χ0v) is 16.2. The Morgan fingerprint density at radius 1 is 1.11 bits per heavy atom. The lowest BCUT2D eigenvalue weighted by atomic mass is 9.96. The van der Waals surface area contributed by atoms with Crippen molar-refractivity contribution >= 4 is 21.5 Å². The van der Waals surface area contributed by atoms with Crippen molar-refractivity contribution in [2.75, 3.05) is 19.6 Å². The minimum absolute atomic E-state index is 0.00476. The van der Waals surface area contributed by atoms with E-state index in [9.17, 15) is 18.0 Å². The molecule has 28 heavy (non-hydrogen) atoms. The second kappa shape index (κ2) is 7.48. The highest BCUT2D eigenvalue weighted by Gasteiger charge is 2.35. The van der Waals surface area contributed by atoms with Crippen molar-refractivity contribution < 1.29 is 18.0 Å². The van der Waals surface area contributed by atoms with Crippen LogP contribution in [-0.2, 0) is 9.84 Å². The van der Waals surface area contributed by atoms with Crippen LogP contribution >= 0.6 is 0 Å². The summed E-state index contributed by atoms with van der Waals surface area (Å²) in [6, 6.07) is 10.4. The van der Waals surface area contributed by atoms with Crippen molar-refractivity contribution in [3.8, 4) is 0 Å². The molecule has 4 rings (SSSR count). The Kier molecular flexibility index (Phi) is 5.03. The van der Waals surface area contributed by atoms with Crippen LogP contribution in [0.25, 0.3) is 0 Å². The number of sulfone groups is 1. The molecule has 146 valence electrons. The standard InChI is InChI=1S/C21H22N2O4S/c24-20-16-5-1-2-6-18(16)28(26,27)19-12-15(7-8-17(19)20)21(25)23-11-9-14-4-3-10-22-13-14/h1-2,5-8,12,14,22H,3-4,9-11,13H2,(H,23,25). The number of nitrogens with one attached hydrogen (secondary N) is 2. The lowest BCUT2D eigenvalue weighted by Gasteiger charge is -2.22. The van der Waals surface area contributed by atoms with E-state index in [0.29, 0.717) is 12.5 Å². The van der Waals surface area contributed by atoms with Gasteiger partial charge in [0, 0.05) is 23.2 Å². The third-order valence-corrected chi connectivity index (χ3v) is 7.29. The first kappa shape index (κ1) is 18.8. The molecule has 1 saturated heterocycles. The molecule has 6 nitrogen and oxygen atoms in total. The van der Waals surface area contributed by atoms with E-state index in [4.69, 9.17) is 0 Å². The van der Waals surface area contributed by atoms with Crippen LogP contribution in [0, 0.1) is 5.92 Å². The van der Waals surface area contributed by atoms with E-state index in [2.05, 4.69) is 10.6 Å². The van der Waals surface area contributed by atoms with E-state index in [1.165, 1.54) is 30.3 Å². The normalized spacial score (nSPS) is 20.1. The molecule has 2 aromatic rings. The minimum Gasteiger partial charge on any atom is -0.352 e. The fraction of sp³-hybridized carbons (Fsp3) is 0.333. The molecule has 2 aromatic carbocycles. The fourth-order valence-electron chi connectivity index (χ4n) is 3.89. The predicted octanol–water partition coefficient (Wildman–Crippen LogP) is 2.18. The predicted molar refractivity (Wildman–Crippen MR) is 104 cm³/mol. The van der Waals surface area contributed by atoms with Crippen LogP contribution in [0.2, 0.25) is 0 Å². The Hall–Kier alpha value is -2.51. The van der Waals surface area contributed by atoms with Crippen molar-refractivity contribution in [1.29, 1.82) is 0 Å². The van der Waals surface area contributed by atoms with E-state index in [1.807, 2.05) is 0 Å². The molecule has 0 radical (unpaired) electrons. The van der Waals surface area contributed by atoms with Gasteiger partial charge < -0.3 is 10.6 Å². The van der Waals surface area contributed by atoms with Gasteiger partial charge in [0.05, 0.1) is 9.79 Å². The van der Waals surface area contributed by atoms with E-state index >= 15 is 0 Å². The zero-order valence-electron chi connectivity index (χ0n) is 15.4. The topological polar surface area (TPSA) is 92.3 Å². The van der Waals surface area contributed by atoms with Gasteiger partial charge in [0.25, 0.3) is 5.91 Å². The Bertz CT molecular complexity index is 1040. The van der Waals surface area contributed by atoms with E-state index in [0.717, 1.165) is 32.4 Å². The van der Waals surface area contributed by atoms with E-state index in [-0.39, 0.29) is 38.2 Å². The maximum atomic E-state index is 12.9. The number of amides is 1. The minimum atomic E-state index is -3.84. The van der Waals surface area contributed by atoms with E-state index < -0.39 is 9.84 Å². The highest BCUT2D eigenvalue weighted by Crippen LogP contribution is 2.34. The van der Waals surface area contributed by atoms with Crippen LogP contribution in [0.15, 0.2) is 52.3 Å². The molecule has 2 aliphatic rings. The summed E-state index contributed by atoms with van der Waals surface area (Å²) in [7, 11) is -3.84. The lowest BCUT2D eigenvalue weighted by molar-refractivity contribution is 0.0948. The summed E-state index contributed by atoms with van der Waals surface area (Å²) in [5.74, 6) is -0.114. The molecule has 2 heterocycles. The van der Waals surface area contributed by atoms with Crippen LogP contribution in [0.5, 0.6) is 0 Å². The number of carbonyl (C=O) groups excluding carboxylic acids is 2. The summed E-state index contributed by atoms with van der Waals surface area (Å²) >= 11 is 0. The van der Waals surface area contributed by atoms with Crippen molar-refractivity contribution in [2.24, 2.45) is 5.92 Å². The fourth-order valence-corrected chi connectivity index (χ4v) is 5.57. The van der Waals surface area contributed by atoms with Crippen molar-refractivity contribution in [3.05, 3.63) is 59.2 Å². The molecule has 0 bridgehead atoms. The summed E-state index contributed by atoms with van der Waals surface area (Å²) in [5.41, 5.74) is 0.535. The number of hydrogen-bond donors (Lipinski definition) is 2. The quantitative estimate of drug-likeness (QED) is 0.703. The molecule has 1 fully saturated rings. The third kappa shape index (κ3) is 3.36. The third-order valence-electron chi connectivity index (χ3n) is 5.44. The van der Waals surface area contributed by atoms with Gasteiger partial charge in [-0.15, -0.1) is 0 Å². The molecule has 1 atom stereocenters. The number of ketones is 1. The maximum Gasteiger partial charge on any atom is 0.251 e. The first-order valence-electron chi connectivity index (χ1n) is 9.50. The highest BCUT2D eigenvalue weighted by molar-refractivity contribution is 7.91. The molecule has 1 unspecified atom stereocenters. The van der Waals surface area contributed by atoms with Crippen LogP contribution in [0.3, 0.4) is 0 Å². The molecule has 7 heteroatoms. The first-order chi connectivity index (χ1) is 13.5. The summed E-state index contributed by atoms with van der Waals surface area (Å²) in [5, 5.41) is 6.21. The Morgan fingerprint density at radius 2 is 1.89 bits per heavy atom. The number of benzene rings is 2. The Morgan fingerprint density at radius 3 is 2.68 bits per heavy atom. The maximum absolute atomic E-state index is 12.9. The second-order valence-corrected chi connectivity index (χ2v) is 9.18. The van der Waals surface area contributed by atoms with Gasteiger partial charge in [-0.3, -0.25) is 9.59 Å². The highest BCUT2D eigenvalue weighted by atomic mass is 32.2. The van der Waals surface area contributed by atoms with Crippen molar-refractivity contribution in [3.63, 3.8) is 0 Å². The second-order valence-electron chi connectivity index (χ2n) is 7.30. The molecule has 0 spiro atoms. The molecular weight excluding hydrogens is 376 g/mol. The summed E-state index contributed by atoms with van der Waals surface area (Å²) in [4.78, 5) is 25.1. The van der Waals surface area contributed by atoms with Gasteiger partial charge in [-0.2, -0.15) is 0 Å². The number of fused-ring (bicyclic) bond motifs is 2. The van der Waals surface area contributed by atoms with Crippen LogP contribution in [0.4, 0.5) is 0 Å². The average Bonchev–Trinajstić information content (AvgIpc) is 2.73. The largest absolute Gasteiger partial charge is 0.352 e. The zero-order chi connectivity index (χ0) is 19.7. The van der Waals surface area contributed by atoms with Gasteiger partial charge in [0.1, 0.15) is 0 Å². The number of rotatable bonds is 4. The monoisotopic (exact) mass is 398 g/mol. The van der Waals surface area contributed by atoms with Crippen molar-refractivity contribution in [1.82, 2.24) is 10.6 Å². The van der Waals surface area contributed by atoms with Crippen molar-refractivity contribution in [2.45, 2.75) is 29.1 Å². The van der Waals surface area contributed by atoms with Gasteiger partial charge in [-0.1, -0.05) is 12.1 Å². The summed E-state index contributed by atoms with van der Waals surface area (Å²) in [6.07, 6.45) is 3.19. The van der Waals surface area contributed by atoms with E-state index in [1.54, 1.807) is 12.1 Å². The first-order valence-corrected chi connectivity index (χ1v) is 11.0. The van der Waals surface area contributed by atoms with Crippen LogP contribution < -0.4 is 10.6 Å². The van der Waals surface area contributed by atoms with Crippen LogP contribution in [0.1, 0.15) is 45.5 Å². The Labute approximate surface area is 164 Å². The van der Waals surface area contributed by atoms with Crippen LogP contribution in [-0.4, -0.2) is 39.7 Å².